The Morgan fingerprint density at radius 1 is 1.09 bits per heavy atom. The summed E-state index contributed by atoms with van der Waals surface area (Å²) < 4.78 is 7.43. The van der Waals surface area contributed by atoms with Crippen molar-refractivity contribution in [2.45, 2.75) is 26.0 Å². The van der Waals surface area contributed by atoms with Gasteiger partial charge in [0, 0.05) is 23.1 Å². The number of para-hydroxylation sites is 1. The average molecular weight is 295 g/mol. The molecular weight excluding hydrogens is 274 g/mol. The van der Waals surface area contributed by atoms with E-state index in [2.05, 4.69) is 34.9 Å². The number of benzene rings is 2. The van der Waals surface area contributed by atoms with Gasteiger partial charge < -0.3 is 14.4 Å². The van der Waals surface area contributed by atoms with E-state index < -0.39 is 0 Å². The number of methoxy groups -OCH3 is 1. The van der Waals surface area contributed by atoms with E-state index in [9.17, 15) is 5.11 Å². The molecule has 0 aliphatic carbocycles. The lowest BCUT2D eigenvalue weighted by Gasteiger charge is -2.15. The van der Waals surface area contributed by atoms with Crippen LogP contribution in [-0.4, -0.2) is 22.9 Å². The minimum atomic E-state index is -0.340. The number of rotatable bonds is 5. The molecule has 0 radical (unpaired) electrons. The third kappa shape index (κ3) is 2.72. The van der Waals surface area contributed by atoms with Crippen molar-refractivity contribution in [3.63, 3.8) is 0 Å². The van der Waals surface area contributed by atoms with Crippen LogP contribution in [0.1, 0.15) is 13.3 Å². The summed E-state index contributed by atoms with van der Waals surface area (Å²) in [5, 5.41) is 11.3. The Labute approximate surface area is 130 Å². The molecule has 114 valence electrons. The van der Waals surface area contributed by atoms with Crippen molar-refractivity contribution in [3.05, 3.63) is 54.6 Å². The molecule has 1 unspecified atom stereocenters. The molecule has 1 atom stereocenters. The van der Waals surface area contributed by atoms with Crippen LogP contribution < -0.4 is 4.74 Å². The maximum atomic E-state index is 10.1. The maximum absolute atomic E-state index is 10.1. The molecule has 22 heavy (non-hydrogen) atoms. The van der Waals surface area contributed by atoms with Gasteiger partial charge in [0.1, 0.15) is 5.75 Å². The number of aliphatic hydroxyl groups is 1. The van der Waals surface area contributed by atoms with E-state index in [1.54, 1.807) is 7.11 Å². The van der Waals surface area contributed by atoms with E-state index in [-0.39, 0.29) is 6.10 Å². The fourth-order valence-corrected chi connectivity index (χ4v) is 2.75. The molecule has 1 heterocycles. The molecule has 0 fully saturated rings. The molecule has 3 nitrogen and oxygen atoms in total. The van der Waals surface area contributed by atoms with Gasteiger partial charge in [-0.1, -0.05) is 25.1 Å². The van der Waals surface area contributed by atoms with Gasteiger partial charge in [0.15, 0.2) is 0 Å². The summed E-state index contributed by atoms with van der Waals surface area (Å²) in [5.41, 5.74) is 3.40. The molecule has 0 aliphatic heterocycles. The van der Waals surface area contributed by atoms with Crippen molar-refractivity contribution < 1.29 is 9.84 Å². The number of aliphatic hydroxyl groups excluding tert-OH is 1. The molecule has 0 amide bonds. The molecule has 3 aromatic rings. The zero-order valence-electron chi connectivity index (χ0n) is 13.0. The zero-order valence-corrected chi connectivity index (χ0v) is 13.0. The second kappa shape index (κ2) is 6.24. The zero-order chi connectivity index (χ0) is 15.5. The second-order valence-corrected chi connectivity index (χ2v) is 5.49. The Bertz CT molecular complexity index is 759. The van der Waals surface area contributed by atoms with Gasteiger partial charge in [-0.05, 0) is 48.4 Å². The molecule has 0 saturated heterocycles. The van der Waals surface area contributed by atoms with Crippen molar-refractivity contribution in [3.8, 4) is 17.0 Å². The number of fused-ring (bicyclic) bond motifs is 1. The summed E-state index contributed by atoms with van der Waals surface area (Å²) >= 11 is 0. The highest BCUT2D eigenvalue weighted by Gasteiger charge is 2.13. The highest BCUT2D eigenvalue weighted by atomic mass is 16.5. The summed E-state index contributed by atoms with van der Waals surface area (Å²) in [6.45, 7) is 2.61. The van der Waals surface area contributed by atoms with Crippen LogP contribution in [0.15, 0.2) is 54.6 Å². The first-order valence-corrected chi connectivity index (χ1v) is 7.63. The van der Waals surface area contributed by atoms with Crippen molar-refractivity contribution in [1.29, 1.82) is 0 Å². The molecule has 2 aromatic carbocycles. The summed E-state index contributed by atoms with van der Waals surface area (Å²) in [6, 6.07) is 18.5. The van der Waals surface area contributed by atoms with Crippen LogP contribution >= 0.6 is 0 Å². The van der Waals surface area contributed by atoms with Crippen molar-refractivity contribution in [2.75, 3.05) is 7.11 Å². The minimum absolute atomic E-state index is 0.340. The molecule has 1 aromatic heterocycles. The molecule has 0 aliphatic rings. The predicted octanol–water partition coefficient (Wildman–Crippen LogP) is 4.09. The van der Waals surface area contributed by atoms with Crippen LogP contribution in [0, 0.1) is 0 Å². The summed E-state index contributed by atoms with van der Waals surface area (Å²) in [5.74, 6) is 0.847. The van der Waals surface area contributed by atoms with Gasteiger partial charge >= 0.3 is 0 Å². The van der Waals surface area contributed by atoms with Crippen LogP contribution in [0.25, 0.3) is 22.2 Å². The maximum Gasteiger partial charge on any atom is 0.118 e. The van der Waals surface area contributed by atoms with Crippen molar-refractivity contribution >= 4 is 10.9 Å². The number of hydrogen-bond donors (Lipinski definition) is 1. The van der Waals surface area contributed by atoms with Gasteiger partial charge in [0.05, 0.1) is 13.2 Å². The van der Waals surface area contributed by atoms with Gasteiger partial charge in [0.2, 0.25) is 0 Å². The third-order valence-corrected chi connectivity index (χ3v) is 4.06. The van der Waals surface area contributed by atoms with Crippen LogP contribution in [0.3, 0.4) is 0 Å². The highest BCUT2D eigenvalue weighted by molar-refractivity contribution is 5.87. The molecule has 0 bridgehead atoms. The first kappa shape index (κ1) is 14.7. The Hall–Kier alpha value is -2.26. The number of nitrogens with zero attached hydrogens (tertiary/aromatic N) is 1. The molecular formula is C19H21NO2. The summed E-state index contributed by atoms with van der Waals surface area (Å²) in [6.07, 6.45) is 0.405. The standard InChI is InChI=1S/C19H21NO2/c1-3-16(21)13-20-18-7-5-4-6-15(18)12-19(20)14-8-10-17(22-2)11-9-14/h4-12,16,21H,3,13H2,1-2H3. The Morgan fingerprint density at radius 2 is 1.82 bits per heavy atom. The van der Waals surface area contributed by atoms with E-state index in [1.807, 2.05) is 31.2 Å². The molecule has 3 heteroatoms. The van der Waals surface area contributed by atoms with E-state index in [1.165, 1.54) is 5.39 Å². The van der Waals surface area contributed by atoms with Gasteiger partial charge in [-0.2, -0.15) is 0 Å². The lowest BCUT2D eigenvalue weighted by Crippen LogP contribution is -2.15. The smallest absolute Gasteiger partial charge is 0.118 e. The fourth-order valence-electron chi connectivity index (χ4n) is 2.75. The monoisotopic (exact) mass is 295 g/mol. The van der Waals surface area contributed by atoms with Gasteiger partial charge in [-0.3, -0.25) is 0 Å². The quantitative estimate of drug-likeness (QED) is 0.769. The lowest BCUT2D eigenvalue weighted by molar-refractivity contribution is 0.152. The van der Waals surface area contributed by atoms with Gasteiger partial charge in [-0.25, -0.2) is 0 Å². The SMILES string of the molecule is CCC(O)Cn1c(-c2ccc(OC)cc2)cc2ccccc21. The highest BCUT2D eigenvalue weighted by Crippen LogP contribution is 2.29. The Balaban J connectivity index is 2.12. The van der Waals surface area contributed by atoms with Crippen LogP contribution in [0.2, 0.25) is 0 Å². The Kier molecular flexibility index (Phi) is 4.16. The third-order valence-electron chi connectivity index (χ3n) is 4.06. The normalized spacial score (nSPS) is 12.5. The van der Waals surface area contributed by atoms with Gasteiger partial charge in [-0.15, -0.1) is 0 Å². The molecule has 0 spiro atoms. The van der Waals surface area contributed by atoms with Crippen LogP contribution in [0.5, 0.6) is 5.75 Å². The first-order valence-electron chi connectivity index (χ1n) is 7.63. The summed E-state index contributed by atoms with van der Waals surface area (Å²) in [7, 11) is 1.67. The van der Waals surface area contributed by atoms with E-state index in [0.717, 1.165) is 28.9 Å². The summed E-state index contributed by atoms with van der Waals surface area (Å²) in [4.78, 5) is 0. The number of ether oxygens (including phenoxy) is 1. The minimum Gasteiger partial charge on any atom is -0.497 e. The fraction of sp³-hybridized carbons (Fsp3) is 0.263. The second-order valence-electron chi connectivity index (χ2n) is 5.49. The predicted molar refractivity (Wildman–Crippen MR) is 90.2 cm³/mol. The van der Waals surface area contributed by atoms with E-state index >= 15 is 0 Å². The van der Waals surface area contributed by atoms with Crippen molar-refractivity contribution in [1.82, 2.24) is 4.57 Å². The molecule has 0 saturated carbocycles. The van der Waals surface area contributed by atoms with E-state index in [0.29, 0.717) is 6.54 Å². The van der Waals surface area contributed by atoms with E-state index in [4.69, 9.17) is 4.74 Å². The Morgan fingerprint density at radius 3 is 2.50 bits per heavy atom. The van der Waals surface area contributed by atoms with Crippen LogP contribution in [-0.2, 0) is 6.54 Å². The largest absolute Gasteiger partial charge is 0.497 e. The number of hydrogen-bond acceptors (Lipinski definition) is 2. The number of aromatic nitrogens is 1. The van der Waals surface area contributed by atoms with Crippen molar-refractivity contribution in [2.24, 2.45) is 0 Å². The van der Waals surface area contributed by atoms with Crippen LogP contribution in [0.4, 0.5) is 0 Å². The topological polar surface area (TPSA) is 34.4 Å². The first-order chi connectivity index (χ1) is 10.7. The molecule has 3 rings (SSSR count). The molecule has 1 N–H and O–H groups in total. The van der Waals surface area contributed by atoms with Gasteiger partial charge in [0.25, 0.3) is 0 Å². The average Bonchev–Trinajstić information content (AvgIpc) is 2.93. The lowest BCUT2D eigenvalue weighted by atomic mass is 10.1.